The Kier molecular flexibility index (Phi) is 7.12. The maximum absolute atomic E-state index is 13.9. The second-order valence-electron chi connectivity index (χ2n) is 8.06. The number of nitrogens with one attached hydrogen (secondary N) is 1. The van der Waals surface area contributed by atoms with Gasteiger partial charge in [-0.25, -0.2) is 9.50 Å². The van der Waals surface area contributed by atoms with Crippen LogP contribution >= 0.6 is 50.7 Å². The van der Waals surface area contributed by atoms with Gasteiger partial charge in [-0.3, -0.25) is 9.48 Å². The summed E-state index contributed by atoms with van der Waals surface area (Å²) in [5, 5.41) is 12.0. The highest BCUT2D eigenvalue weighted by Crippen LogP contribution is 2.33. The molecule has 0 aliphatic rings. The average Bonchev–Trinajstić information content (AvgIpc) is 3.43. The third kappa shape index (κ3) is 5.51. The Bertz CT molecular complexity index is 1680. The van der Waals surface area contributed by atoms with Crippen molar-refractivity contribution in [3.05, 3.63) is 97.3 Å². The molecule has 0 spiro atoms. The highest BCUT2D eigenvalue weighted by atomic mass is 79.9. The molecule has 1 amide bonds. The lowest BCUT2D eigenvalue weighted by molar-refractivity contribution is -0.142. The highest BCUT2D eigenvalue weighted by Gasteiger charge is 2.35. The van der Waals surface area contributed by atoms with E-state index < -0.39 is 17.8 Å². The monoisotopic (exact) mass is 642 g/mol. The van der Waals surface area contributed by atoms with Crippen LogP contribution in [0.4, 0.5) is 19.0 Å². The summed E-state index contributed by atoms with van der Waals surface area (Å²) in [5.74, 6) is -0.616. The fourth-order valence-corrected chi connectivity index (χ4v) is 4.48. The topological polar surface area (TPSA) is 77.1 Å². The van der Waals surface area contributed by atoms with E-state index in [-0.39, 0.29) is 22.9 Å². The van der Waals surface area contributed by atoms with Gasteiger partial charge in [0.25, 0.3) is 5.91 Å². The number of benzene rings is 2. The molecule has 2 aromatic carbocycles. The SMILES string of the molecule is O=C(Nc1nn(Cc2ccc(Cl)c(Cl)c2)cc1Br)c1cc2nc(-c3ccc(Cl)cc3)cc(C(F)(F)F)n2n1. The van der Waals surface area contributed by atoms with Crippen molar-refractivity contribution in [2.75, 3.05) is 5.32 Å². The van der Waals surface area contributed by atoms with Crippen LogP contribution in [-0.4, -0.2) is 30.3 Å². The van der Waals surface area contributed by atoms with Gasteiger partial charge in [0.05, 0.1) is 26.8 Å². The van der Waals surface area contributed by atoms with Gasteiger partial charge in [0.1, 0.15) is 0 Å². The van der Waals surface area contributed by atoms with Crippen LogP contribution in [0.1, 0.15) is 21.7 Å². The van der Waals surface area contributed by atoms with Crippen molar-refractivity contribution in [2.45, 2.75) is 12.7 Å². The van der Waals surface area contributed by atoms with E-state index in [0.717, 1.165) is 11.6 Å². The number of fused-ring (bicyclic) bond motifs is 1. The van der Waals surface area contributed by atoms with Crippen molar-refractivity contribution in [3.63, 3.8) is 0 Å². The normalized spacial score (nSPS) is 11.8. The first-order valence-electron chi connectivity index (χ1n) is 10.7. The van der Waals surface area contributed by atoms with Gasteiger partial charge in [0.2, 0.25) is 0 Å². The first-order chi connectivity index (χ1) is 18.0. The van der Waals surface area contributed by atoms with Crippen LogP contribution in [-0.2, 0) is 12.7 Å². The largest absolute Gasteiger partial charge is 0.433 e. The Labute approximate surface area is 236 Å². The number of nitrogens with zero attached hydrogens (tertiary/aromatic N) is 5. The molecule has 0 saturated carbocycles. The predicted octanol–water partition coefficient (Wildman–Crippen LogP) is 7.63. The molecule has 194 valence electrons. The summed E-state index contributed by atoms with van der Waals surface area (Å²) in [5.41, 5.74) is -0.224. The van der Waals surface area contributed by atoms with E-state index in [2.05, 4.69) is 36.4 Å². The predicted molar refractivity (Wildman–Crippen MR) is 142 cm³/mol. The first kappa shape index (κ1) is 26.5. The fraction of sp³-hybridized carbons (Fsp3) is 0.0833. The van der Waals surface area contributed by atoms with Crippen LogP contribution in [0.15, 0.2) is 65.3 Å². The maximum Gasteiger partial charge on any atom is 0.433 e. The smallest absolute Gasteiger partial charge is 0.303 e. The molecule has 0 aliphatic carbocycles. The zero-order valence-electron chi connectivity index (χ0n) is 18.8. The minimum atomic E-state index is -4.76. The van der Waals surface area contributed by atoms with Gasteiger partial charge in [-0.2, -0.15) is 23.4 Å². The molecule has 0 aliphatic heterocycles. The summed E-state index contributed by atoms with van der Waals surface area (Å²) in [4.78, 5) is 17.2. The van der Waals surface area contributed by atoms with Gasteiger partial charge in [0.15, 0.2) is 22.9 Å². The van der Waals surface area contributed by atoms with Crippen molar-refractivity contribution in [1.29, 1.82) is 0 Å². The summed E-state index contributed by atoms with van der Waals surface area (Å²) in [6.45, 7) is 0.325. The maximum atomic E-state index is 13.9. The Balaban J connectivity index is 1.44. The number of hydrogen-bond donors (Lipinski definition) is 1. The Morgan fingerprint density at radius 2 is 1.71 bits per heavy atom. The number of hydrogen-bond acceptors (Lipinski definition) is 4. The lowest BCUT2D eigenvalue weighted by Crippen LogP contribution is -2.16. The molecule has 5 aromatic rings. The van der Waals surface area contributed by atoms with Crippen molar-refractivity contribution >= 4 is 68.1 Å². The molecule has 7 nitrogen and oxygen atoms in total. The van der Waals surface area contributed by atoms with Crippen LogP contribution in [0.2, 0.25) is 15.1 Å². The minimum Gasteiger partial charge on any atom is -0.303 e. The molecule has 5 rings (SSSR count). The van der Waals surface area contributed by atoms with Crippen molar-refractivity contribution in [2.24, 2.45) is 0 Å². The third-order valence-corrected chi connectivity index (χ3v) is 6.94. The van der Waals surface area contributed by atoms with Gasteiger partial charge in [-0.1, -0.05) is 53.0 Å². The Hall–Kier alpha value is -3.12. The first-order valence-corrected chi connectivity index (χ1v) is 12.6. The van der Waals surface area contributed by atoms with E-state index in [0.29, 0.717) is 36.2 Å². The van der Waals surface area contributed by atoms with E-state index in [1.807, 2.05) is 0 Å². The van der Waals surface area contributed by atoms with E-state index in [9.17, 15) is 18.0 Å². The molecule has 0 bridgehead atoms. The summed E-state index contributed by atoms with van der Waals surface area (Å²) >= 11 is 21.2. The van der Waals surface area contributed by atoms with Gasteiger partial charge < -0.3 is 5.32 Å². The van der Waals surface area contributed by atoms with Crippen molar-refractivity contribution < 1.29 is 18.0 Å². The number of aromatic nitrogens is 5. The van der Waals surface area contributed by atoms with Gasteiger partial charge >= 0.3 is 6.18 Å². The molecule has 0 atom stereocenters. The number of carbonyl (C=O) groups excluding carboxylic acids is 1. The van der Waals surface area contributed by atoms with Crippen LogP contribution < -0.4 is 5.32 Å². The number of carbonyl (C=O) groups is 1. The van der Waals surface area contributed by atoms with Crippen molar-refractivity contribution in [1.82, 2.24) is 24.4 Å². The second-order valence-corrected chi connectivity index (χ2v) is 10.2. The molecular formula is C24H13BrCl3F3N6O. The number of rotatable bonds is 5. The summed E-state index contributed by atoms with van der Waals surface area (Å²) in [6, 6.07) is 13.4. The molecule has 3 aromatic heterocycles. The zero-order chi connectivity index (χ0) is 27.2. The van der Waals surface area contributed by atoms with Gasteiger partial charge in [-0.05, 0) is 51.8 Å². The molecule has 0 unspecified atom stereocenters. The van der Waals surface area contributed by atoms with E-state index in [1.54, 1.807) is 53.3 Å². The molecule has 0 fully saturated rings. The lowest BCUT2D eigenvalue weighted by Gasteiger charge is -2.11. The summed E-state index contributed by atoms with van der Waals surface area (Å²) in [6.07, 6.45) is -3.13. The minimum absolute atomic E-state index is 0.0529. The quantitative estimate of drug-likeness (QED) is 0.214. The third-order valence-electron chi connectivity index (χ3n) is 5.37. The fourth-order valence-electron chi connectivity index (χ4n) is 3.62. The van der Waals surface area contributed by atoms with E-state index >= 15 is 0 Å². The van der Waals surface area contributed by atoms with Crippen molar-refractivity contribution in [3.8, 4) is 11.3 Å². The molecular weight excluding hydrogens is 632 g/mol. The summed E-state index contributed by atoms with van der Waals surface area (Å²) in [7, 11) is 0. The molecule has 1 N–H and O–H groups in total. The molecule has 3 heterocycles. The van der Waals surface area contributed by atoms with Gasteiger partial charge in [0, 0.05) is 22.8 Å². The standard InChI is InChI=1S/C24H13BrCl3F3N6O/c25-15-11-36(10-12-1-6-16(27)17(28)7-12)35-22(15)33-23(38)19-9-21-32-18(13-2-4-14(26)5-3-13)8-20(24(29,30)31)37(21)34-19/h1-9,11H,10H2,(H,33,35,38). The molecule has 0 saturated heterocycles. The zero-order valence-corrected chi connectivity index (χ0v) is 22.6. The van der Waals surface area contributed by atoms with Crippen LogP contribution in [0.25, 0.3) is 16.9 Å². The average molecular weight is 645 g/mol. The van der Waals surface area contributed by atoms with E-state index in [4.69, 9.17) is 34.8 Å². The molecule has 14 heteroatoms. The molecule has 0 radical (unpaired) electrons. The second kappa shape index (κ2) is 10.2. The number of alkyl halides is 3. The highest BCUT2D eigenvalue weighted by molar-refractivity contribution is 9.10. The Morgan fingerprint density at radius 3 is 2.39 bits per heavy atom. The van der Waals surface area contributed by atoms with Crippen LogP contribution in [0.5, 0.6) is 0 Å². The van der Waals surface area contributed by atoms with Gasteiger partial charge in [-0.15, -0.1) is 0 Å². The van der Waals surface area contributed by atoms with E-state index in [1.165, 1.54) is 6.07 Å². The molecule has 38 heavy (non-hydrogen) atoms. The Morgan fingerprint density at radius 1 is 0.974 bits per heavy atom. The van der Waals surface area contributed by atoms with Crippen LogP contribution in [0.3, 0.4) is 0 Å². The summed E-state index contributed by atoms with van der Waals surface area (Å²) < 4.78 is 44.2. The van der Waals surface area contributed by atoms with Crippen LogP contribution in [0, 0.1) is 0 Å². The number of amides is 1. The number of halogens is 7. The lowest BCUT2D eigenvalue weighted by atomic mass is 10.1. The number of anilines is 1.